The second kappa shape index (κ2) is 11.3. The van der Waals surface area contributed by atoms with Crippen LogP contribution in [0.5, 0.6) is 0 Å². The van der Waals surface area contributed by atoms with Crippen LogP contribution in [0.4, 0.5) is 5.69 Å². The molecule has 0 spiro atoms. The van der Waals surface area contributed by atoms with E-state index in [2.05, 4.69) is 9.74 Å². The van der Waals surface area contributed by atoms with Gasteiger partial charge in [-0.2, -0.15) is 0 Å². The van der Waals surface area contributed by atoms with E-state index in [0.717, 1.165) is 24.1 Å². The van der Waals surface area contributed by atoms with Gasteiger partial charge in [-0.25, -0.2) is 0 Å². The van der Waals surface area contributed by atoms with Crippen LogP contribution < -0.4 is 4.90 Å². The van der Waals surface area contributed by atoms with Crippen molar-refractivity contribution in [1.29, 1.82) is 0 Å². The molecule has 0 aromatic heterocycles. The summed E-state index contributed by atoms with van der Waals surface area (Å²) in [5.41, 5.74) is 2.98. The number of rotatable bonds is 9. The Morgan fingerprint density at radius 3 is 2.29 bits per heavy atom. The Morgan fingerprint density at radius 2 is 1.61 bits per heavy atom. The second-order valence-electron chi connectivity index (χ2n) is 9.68. The van der Waals surface area contributed by atoms with Crippen molar-refractivity contribution in [1.82, 2.24) is 9.80 Å². The molecule has 2 amide bonds. The molecule has 1 atom stereocenters. The highest BCUT2D eigenvalue weighted by molar-refractivity contribution is 5.96. The Labute approximate surface area is 221 Å². The van der Waals surface area contributed by atoms with Crippen molar-refractivity contribution >= 4 is 17.5 Å². The molecule has 2 fully saturated rings. The first-order valence-electron chi connectivity index (χ1n) is 12.8. The van der Waals surface area contributed by atoms with Crippen LogP contribution in [-0.2, 0) is 22.8 Å². The lowest BCUT2D eigenvalue weighted by Gasteiger charge is -2.43. The molecule has 0 N–H and O–H groups in total. The molecule has 3 aromatic rings. The highest BCUT2D eigenvalue weighted by Crippen LogP contribution is 2.31. The van der Waals surface area contributed by atoms with Gasteiger partial charge in [0.1, 0.15) is 12.6 Å². The lowest BCUT2D eigenvalue weighted by molar-refractivity contribution is -0.763. The van der Waals surface area contributed by atoms with Crippen LogP contribution in [0.15, 0.2) is 84.9 Å². The molecular weight excluding hydrogens is 484 g/mol. The molecule has 9 heteroatoms. The third kappa shape index (κ3) is 5.94. The zero-order valence-corrected chi connectivity index (χ0v) is 21.0. The van der Waals surface area contributed by atoms with E-state index in [4.69, 9.17) is 0 Å². The maximum atomic E-state index is 14.1. The van der Waals surface area contributed by atoms with Crippen LogP contribution in [0.3, 0.4) is 0 Å². The highest BCUT2D eigenvalue weighted by atomic mass is 16.9. The highest BCUT2D eigenvalue weighted by Gasteiger charge is 2.41. The normalized spacial score (nSPS) is 17.1. The number of carbonyl (C=O) groups excluding carboxylic acids is 2. The number of para-hydroxylation sites is 1. The smallest absolute Gasteiger partial charge is 0.294 e. The molecule has 196 valence electrons. The molecule has 0 bridgehead atoms. The zero-order chi connectivity index (χ0) is 26.5. The summed E-state index contributed by atoms with van der Waals surface area (Å²) in [5.74, 6) is -0.190. The molecule has 2 aliphatic rings. The average molecular weight is 515 g/mol. The van der Waals surface area contributed by atoms with Gasteiger partial charge in [-0.3, -0.25) is 9.59 Å². The first-order valence-corrected chi connectivity index (χ1v) is 12.8. The average Bonchev–Trinajstić information content (AvgIpc) is 3.80. The van der Waals surface area contributed by atoms with E-state index in [9.17, 15) is 19.7 Å². The van der Waals surface area contributed by atoms with Crippen LogP contribution in [0.25, 0.3) is 0 Å². The number of amides is 2. The predicted octanol–water partition coefficient (Wildman–Crippen LogP) is 3.92. The van der Waals surface area contributed by atoms with Crippen LogP contribution >= 0.6 is 0 Å². The first kappa shape index (κ1) is 25.3. The van der Waals surface area contributed by atoms with Gasteiger partial charge in [-0.15, -0.1) is 10.1 Å². The van der Waals surface area contributed by atoms with E-state index >= 15 is 0 Å². The maximum Gasteiger partial charge on any atom is 0.294 e. The van der Waals surface area contributed by atoms with E-state index in [1.807, 2.05) is 65.6 Å². The number of hydrogen-bond donors (Lipinski definition) is 0. The molecule has 9 nitrogen and oxygen atoms in total. The molecule has 38 heavy (non-hydrogen) atoms. The summed E-state index contributed by atoms with van der Waals surface area (Å²) in [4.78, 5) is 48.5. The van der Waals surface area contributed by atoms with E-state index in [1.165, 1.54) is 0 Å². The summed E-state index contributed by atoms with van der Waals surface area (Å²) in [6.07, 6.45) is 1.97. The molecule has 5 rings (SSSR count). The first-order chi connectivity index (χ1) is 18.5. The van der Waals surface area contributed by atoms with E-state index in [1.54, 1.807) is 29.2 Å². The molecule has 0 radical (unpaired) electrons. The fourth-order valence-electron chi connectivity index (χ4n) is 4.96. The minimum Gasteiger partial charge on any atom is -0.356 e. The molecule has 3 aromatic carbocycles. The van der Waals surface area contributed by atoms with Crippen LogP contribution in [0.2, 0.25) is 0 Å². The topological polar surface area (TPSA) is 96.2 Å². The number of piperazine rings is 1. The van der Waals surface area contributed by atoms with Crippen LogP contribution in [0, 0.1) is 10.1 Å². The largest absolute Gasteiger partial charge is 0.356 e. The SMILES string of the molecule is O=C(c1cccc(CO[N+](=O)[O-])c1)N1CCN(c2ccccc2)[C@@H](C(=O)N(Cc2ccccc2)C2CC2)C1. The van der Waals surface area contributed by atoms with Gasteiger partial charge in [0.15, 0.2) is 0 Å². The van der Waals surface area contributed by atoms with Gasteiger partial charge in [0.05, 0.1) is 6.54 Å². The molecule has 1 saturated heterocycles. The van der Waals surface area contributed by atoms with Gasteiger partial charge in [0.2, 0.25) is 5.91 Å². The Bertz CT molecular complexity index is 1280. The van der Waals surface area contributed by atoms with Crippen molar-refractivity contribution in [3.8, 4) is 0 Å². The van der Waals surface area contributed by atoms with Crippen molar-refractivity contribution < 1.29 is 19.5 Å². The number of nitrogens with zero attached hydrogens (tertiary/aromatic N) is 4. The lowest BCUT2D eigenvalue weighted by Crippen LogP contribution is -2.61. The minimum absolute atomic E-state index is 0.0193. The summed E-state index contributed by atoms with van der Waals surface area (Å²) in [7, 11) is 0. The van der Waals surface area contributed by atoms with E-state index in [-0.39, 0.29) is 31.0 Å². The number of carbonyl (C=O) groups is 2. The van der Waals surface area contributed by atoms with Crippen LogP contribution in [-0.4, -0.2) is 58.4 Å². The Morgan fingerprint density at radius 1 is 0.921 bits per heavy atom. The quantitative estimate of drug-likeness (QED) is 0.317. The summed E-state index contributed by atoms with van der Waals surface area (Å²) < 4.78 is 0. The molecule has 1 aliphatic heterocycles. The van der Waals surface area contributed by atoms with Crippen molar-refractivity contribution in [3.63, 3.8) is 0 Å². The van der Waals surface area contributed by atoms with Gasteiger partial charge < -0.3 is 19.5 Å². The monoisotopic (exact) mass is 514 g/mol. The van der Waals surface area contributed by atoms with Crippen molar-refractivity contribution in [3.05, 3.63) is 112 Å². The summed E-state index contributed by atoms with van der Waals surface area (Å²) in [6.45, 7) is 1.53. The summed E-state index contributed by atoms with van der Waals surface area (Å²) in [5, 5.41) is 9.72. The Hall–Kier alpha value is -4.40. The molecule has 1 heterocycles. The zero-order valence-electron chi connectivity index (χ0n) is 21.0. The Kier molecular flexibility index (Phi) is 7.53. The van der Waals surface area contributed by atoms with Gasteiger partial charge in [-0.1, -0.05) is 60.7 Å². The third-order valence-electron chi connectivity index (χ3n) is 7.02. The number of benzene rings is 3. The lowest BCUT2D eigenvalue weighted by atomic mass is 10.1. The molecular formula is C29H30N4O5. The third-order valence-corrected chi connectivity index (χ3v) is 7.02. The van der Waals surface area contributed by atoms with Crippen molar-refractivity contribution in [2.75, 3.05) is 24.5 Å². The van der Waals surface area contributed by atoms with Gasteiger partial charge in [0, 0.05) is 36.9 Å². The number of anilines is 1. The Balaban J connectivity index is 1.39. The standard InChI is InChI=1S/C29H30N4O5/c34-28(24-11-7-10-23(18-24)21-38-33(36)37)30-16-17-31(25-12-5-2-6-13-25)27(20-30)29(35)32(26-14-15-26)19-22-8-3-1-4-9-22/h1-13,18,26-27H,14-17,19-21H2/t27-/m1/s1. The van der Waals surface area contributed by atoms with Gasteiger partial charge in [0.25, 0.3) is 11.0 Å². The van der Waals surface area contributed by atoms with Gasteiger partial charge in [-0.05, 0) is 48.2 Å². The molecule has 1 saturated carbocycles. The summed E-state index contributed by atoms with van der Waals surface area (Å²) >= 11 is 0. The van der Waals surface area contributed by atoms with Crippen molar-refractivity contribution in [2.24, 2.45) is 0 Å². The van der Waals surface area contributed by atoms with Crippen LogP contribution in [0.1, 0.15) is 34.3 Å². The minimum atomic E-state index is -0.853. The number of hydrogen-bond acceptors (Lipinski definition) is 6. The van der Waals surface area contributed by atoms with E-state index < -0.39 is 11.1 Å². The summed E-state index contributed by atoms with van der Waals surface area (Å²) in [6, 6.07) is 26.2. The van der Waals surface area contributed by atoms with Crippen molar-refractivity contribution in [2.45, 2.75) is 38.1 Å². The molecule has 1 aliphatic carbocycles. The fourth-order valence-corrected chi connectivity index (χ4v) is 4.96. The second-order valence-corrected chi connectivity index (χ2v) is 9.68. The maximum absolute atomic E-state index is 14.1. The van der Waals surface area contributed by atoms with Gasteiger partial charge >= 0.3 is 0 Å². The van der Waals surface area contributed by atoms with E-state index in [0.29, 0.717) is 30.8 Å². The molecule has 0 unspecified atom stereocenters. The fraction of sp³-hybridized carbons (Fsp3) is 0.310. The predicted molar refractivity (Wildman–Crippen MR) is 142 cm³/mol.